The van der Waals surface area contributed by atoms with Gasteiger partial charge in [0, 0.05) is 12.0 Å². The maximum atomic E-state index is 9.29. The first-order valence-corrected chi connectivity index (χ1v) is 6.49. The minimum Gasteiger partial charge on any atom is -0.490 e. The number of hydrogen-bond donors (Lipinski definition) is 1. The van der Waals surface area contributed by atoms with Crippen LogP contribution in [0.3, 0.4) is 0 Å². The molecule has 1 N–H and O–H groups in total. The molecule has 3 nitrogen and oxygen atoms in total. The number of ether oxygens (including phenoxy) is 2. The van der Waals surface area contributed by atoms with Gasteiger partial charge in [0.2, 0.25) is 0 Å². The molecule has 98 valence electrons. The summed E-state index contributed by atoms with van der Waals surface area (Å²) < 4.78 is 11.3. The van der Waals surface area contributed by atoms with E-state index in [4.69, 9.17) is 9.47 Å². The molecule has 2 rings (SSSR count). The van der Waals surface area contributed by atoms with Crippen molar-refractivity contribution >= 4 is 0 Å². The number of benzene rings is 1. The standard InChI is InChI=1S/C15H20O3/c1-3-5-12-7-8-14(18-10-11(2)16)13-6-4-9-17-15(12)13/h4,7-9,11,16H,3,5-6,10H2,1-2H3. The number of allylic oxidation sites excluding steroid dienone is 1. The molecule has 1 atom stereocenters. The van der Waals surface area contributed by atoms with E-state index in [1.807, 2.05) is 12.1 Å². The van der Waals surface area contributed by atoms with Crippen LogP contribution in [0.5, 0.6) is 11.5 Å². The third-order valence-electron chi connectivity index (χ3n) is 2.90. The predicted molar refractivity (Wildman–Crippen MR) is 71.1 cm³/mol. The van der Waals surface area contributed by atoms with E-state index in [0.717, 1.165) is 36.3 Å². The molecule has 0 amide bonds. The monoisotopic (exact) mass is 248 g/mol. The number of aliphatic hydroxyl groups excluding tert-OH is 1. The van der Waals surface area contributed by atoms with Crippen LogP contribution in [-0.2, 0) is 12.8 Å². The van der Waals surface area contributed by atoms with E-state index in [0.29, 0.717) is 6.61 Å². The van der Waals surface area contributed by atoms with Crippen LogP contribution in [0.25, 0.3) is 0 Å². The Balaban J connectivity index is 2.27. The average molecular weight is 248 g/mol. The maximum absolute atomic E-state index is 9.29. The molecule has 0 bridgehead atoms. The number of rotatable bonds is 5. The zero-order chi connectivity index (χ0) is 13.0. The highest BCUT2D eigenvalue weighted by Crippen LogP contribution is 2.36. The SMILES string of the molecule is CCCc1ccc(OCC(C)O)c2c1OC=CC2. The van der Waals surface area contributed by atoms with Crippen LogP contribution >= 0.6 is 0 Å². The Labute approximate surface area is 108 Å². The smallest absolute Gasteiger partial charge is 0.136 e. The first-order chi connectivity index (χ1) is 8.72. The van der Waals surface area contributed by atoms with Gasteiger partial charge in [-0.15, -0.1) is 0 Å². The van der Waals surface area contributed by atoms with Crippen LogP contribution in [0.4, 0.5) is 0 Å². The summed E-state index contributed by atoms with van der Waals surface area (Å²) >= 11 is 0. The second-order valence-corrected chi connectivity index (χ2v) is 4.63. The quantitative estimate of drug-likeness (QED) is 0.870. The summed E-state index contributed by atoms with van der Waals surface area (Å²) in [6.07, 6.45) is 6.17. The van der Waals surface area contributed by atoms with Gasteiger partial charge in [0.15, 0.2) is 0 Å². The van der Waals surface area contributed by atoms with Crippen molar-refractivity contribution in [1.29, 1.82) is 0 Å². The van der Waals surface area contributed by atoms with Gasteiger partial charge in [0.25, 0.3) is 0 Å². The lowest BCUT2D eigenvalue weighted by Gasteiger charge is -2.20. The van der Waals surface area contributed by atoms with Crippen molar-refractivity contribution in [2.45, 2.75) is 39.2 Å². The Morgan fingerprint density at radius 3 is 3.00 bits per heavy atom. The molecule has 0 aliphatic carbocycles. The van der Waals surface area contributed by atoms with Gasteiger partial charge >= 0.3 is 0 Å². The van der Waals surface area contributed by atoms with Gasteiger partial charge in [-0.1, -0.05) is 19.4 Å². The molecule has 0 aromatic heterocycles. The summed E-state index contributed by atoms with van der Waals surface area (Å²) in [7, 11) is 0. The summed E-state index contributed by atoms with van der Waals surface area (Å²) in [5, 5.41) is 9.29. The number of aliphatic hydroxyl groups is 1. The lowest BCUT2D eigenvalue weighted by Crippen LogP contribution is -2.14. The molecule has 0 saturated heterocycles. The average Bonchev–Trinajstić information content (AvgIpc) is 2.38. The van der Waals surface area contributed by atoms with Crippen molar-refractivity contribution in [3.63, 3.8) is 0 Å². The highest BCUT2D eigenvalue weighted by Gasteiger charge is 2.17. The van der Waals surface area contributed by atoms with E-state index in [-0.39, 0.29) is 0 Å². The van der Waals surface area contributed by atoms with E-state index in [1.54, 1.807) is 13.2 Å². The van der Waals surface area contributed by atoms with Crippen molar-refractivity contribution in [3.05, 3.63) is 35.6 Å². The zero-order valence-electron chi connectivity index (χ0n) is 11.0. The Morgan fingerprint density at radius 1 is 1.44 bits per heavy atom. The largest absolute Gasteiger partial charge is 0.490 e. The molecule has 1 unspecified atom stereocenters. The van der Waals surface area contributed by atoms with Crippen molar-refractivity contribution in [2.24, 2.45) is 0 Å². The normalized spacial score (nSPS) is 14.8. The summed E-state index contributed by atoms with van der Waals surface area (Å²) in [4.78, 5) is 0. The Hall–Kier alpha value is -1.48. The van der Waals surface area contributed by atoms with Gasteiger partial charge in [-0.05, 0) is 31.1 Å². The summed E-state index contributed by atoms with van der Waals surface area (Å²) in [6, 6.07) is 4.04. The van der Waals surface area contributed by atoms with Crippen LogP contribution in [0, 0.1) is 0 Å². The third kappa shape index (κ3) is 2.85. The van der Waals surface area contributed by atoms with Crippen LogP contribution in [-0.4, -0.2) is 17.8 Å². The van der Waals surface area contributed by atoms with Crippen LogP contribution in [0.15, 0.2) is 24.5 Å². The van der Waals surface area contributed by atoms with Crippen LogP contribution < -0.4 is 9.47 Å². The fourth-order valence-electron chi connectivity index (χ4n) is 2.09. The molecule has 1 aromatic rings. The molecule has 0 spiro atoms. The minimum atomic E-state index is -0.462. The van der Waals surface area contributed by atoms with Gasteiger partial charge in [-0.3, -0.25) is 0 Å². The first kappa shape index (κ1) is 13.0. The number of fused-ring (bicyclic) bond motifs is 1. The first-order valence-electron chi connectivity index (χ1n) is 6.49. The van der Waals surface area contributed by atoms with Crippen LogP contribution in [0.2, 0.25) is 0 Å². The molecule has 0 fully saturated rings. The van der Waals surface area contributed by atoms with Crippen molar-refractivity contribution in [2.75, 3.05) is 6.61 Å². The maximum Gasteiger partial charge on any atom is 0.136 e. The molecule has 3 heteroatoms. The Morgan fingerprint density at radius 2 is 2.28 bits per heavy atom. The number of hydrogen-bond acceptors (Lipinski definition) is 3. The second-order valence-electron chi connectivity index (χ2n) is 4.63. The molecule has 18 heavy (non-hydrogen) atoms. The molecular weight excluding hydrogens is 228 g/mol. The predicted octanol–water partition coefficient (Wildman–Crippen LogP) is 2.85. The molecular formula is C15H20O3. The fraction of sp³-hybridized carbons (Fsp3) is 0.467. The van der Waals surface area contributed by atoms with E-state index in [2.05, 4.69) is 13.0 Å². The summed E-state index contributed by atoms with van der Waals surface area (Å²) in [6.45, 7) is 4.18. The second kappa shape index (κ2) is 5.91. The summed E-state index contributed by atoms with van der Waals surface area (Å²) in [5.74, 6) is 1.75. The van der Waals surface area contributed by atoms with Gasteiger partial charge in [0.1, 0.15) is 18.1 Å². The topological polar surface area (TPSA) is 38.7 Å². The van der Waals surface area contributed by atoms with Gasteiger partial charge in [0.05, 0.1) is 12.4 Å². The summed E-state index contributed by atoms with van der Waals surface area (Å²) in [5.41, 5.74) is 2.31. The van der Waals surface area contributed by atoms with E-state index >= 15 is 0 Å². The van der Waals surface area contributed by atoms with E-state index < -0.39 is 6.10 Å². The molecule has 1 heterocycles. The van der Waals surface area contributed by atoms with E-state index in [1.165, 1.54) is 5.56 Å². The lowest BCUT2D eigenvalue weighted by atomic mass is 10.0. The van der Waals surface area contributed by atoms with Gasteiger partial charge in [-0.2, -0.15) is 0 Å². The Kier molecular flexibility index (Phi) is 4.26. The van der Waals surface area contributed by atoms with Crippen molar-refractivity contribution in [3.8, 4) is 11.5 Å². The number of aryl methyl sites for hydroxylation is 1. The molecule has 1 aliphatic rings. The molecule has 0 saturated carbocycles. The molecule has 1 aromatic carbocycles. The van der Waals surface area contributed by atoms with E-state index in [9.17, 15) is 5.11 Å². The third-order valence-corrected chi connectivity index (χ3v) is 2.90. The highest BCUT2D eigenvalue weighted by atomic mass is 16.5. The minimum absolute atomic E-state index is 0.309. The van der Waals surface area contributed by atoms with Gasteiger partial charge < -0.3 is 14.6 Å². The van der Waals surface area contributed by atoms with Gasteiger partial charge in [-0.25, -0.2) is 0 Å². The zero-order valence-corrected chi connectivity index (χ0v) is 11.0. The molecule has 1 aliphatic heterocycles. The van der Waals surface area contributed by atoms with Crippen molar-refractivity contribution in [1.82, 2.24) is 0 Å². The highest BCUT2D eigenvalue weighted by molar-refractivity contribution is 5.52. The van der Waals surface area contributed by atoms with Crippen molar-refractivity contribution < 1.29 is 14.6 Å². The Bertz CT molecular complexity index is 436. The van der Waals surface area contributed by atoms with Crippen LogP contribution in [0.1, 0.15) is 31.4 Å². The lowest BCUT2D eigenvalue weighted by molar-refractivity contribution is 0.122. The fourth-order valence-corrected chi connectivity index (χ4v) is 2.09. The molecule has 0 radical (unpaired) electrons.